The third kappa shape index (κ3) is 1.74. The minimum atomic E-state index is -0.674. The highest BCUT2D eigenvalue weighted by atomic mass is 16.4. The van der Waals surface area contributed by atoms with Crippen LogP contribution in [0.15, 0.2) is 5.16 Å². The molecule has 0 aromatic heterocycles. The van der Waals surface area contributed by atoms with Crippen molar-refractivity contribution in [2.24, 2.45) is 16.3 Å². The molecule has 0 atom stereocenters. The van der Waals surface area contributed by atoms with Crippen molar-refractivity contribution in [2.75, 3.05) is 6.54 Å². The molecule has 0 radical (unpaired) electrons. The predicted octanol–water partition coefficient (Wildman–Crippen LogP) is 0.914. The molecular weight excluding hydrogens is 206 g/mol. The summed E-state index contributed by atoms with van der Waals surface area (Å²) in [5, 5.41) is 11.7. The molecule has 3 N–H and O–H groups in total. The largest absolute Gasteiger partial charge is 0.409 e. The van der Waals surface area contributed by atoms with Gasteiger partial charge in [0.15, 0.2) is 5.84 Å². The molecule has 0 unspecified atom stereocenters. The third-order valence-electron chi connectivity index (χ3n) is 3.47. The minimum absolute atomic E-state index is 0.0622. The highest BCUT2D eigenvalue weighted by Crippen LogP contribution is 2.48. The molecule has 5 heteroatoms. The van der Waals surface area contributed by atoms with Crippen molar-refractivity contribution in [3.8, 4) is 0 Å². The average molecular weight is 225 g/mol. The Labute approximate surface area is 95.3 Å². The summed E-state index contributed by atoms with van der Waals surface area (Å²) >= 11 is 0. The number of oxime groups is 1. The van der Waals surface area contributed by atoms with Crippen molar-refractivity contribution in [3.05, 3.63) is 0 Å². The quantitative estimate of drug-likeness (QED) is 0.316. The van der Waals surface area contributed by atoms with E-state index < -0.39 is 5.41 Å². The fourth-order valence-corrected chi connectivity index (χ4v) is 2.15. The molecule has 2 fully saturated rings. The summed E-state index contributed by atoms with van der Waals surface area (Å²) in [7, 11) is 0. The lowest BCUT2D eigenvalue weighted by Crippen LogP contribution is -2.45. The Morgan fingerprint density at radius 1 is 1.56 bits per heavy atom. The topological polar surface area (TPSA) is 78.9 Å². The van der Waals surface area contributed by atoms with Crippen LogP contribution in [-0.2, 0) is 4.79 Å². The number of hydrogen-bond donors (Lipinski definition) is 2. The summed E-state index contributed by atoms with van der Waals surface area (Å²) in [6.07, 6.45) is 4.58. The zero-order valence-corrected chi connectivity index (χ0v) is 9.65. The van der Waals surface area contributed by atoms with E-state index in [1.165, 1.54) is 0 Å². The average Bonchev–Trinajstić information content (AvgIpc) is 3.16. The smallest absolute Gasteiger partial charge is 0.236 e. The first-order chi connectivity index (χ1) is 7.65. The van der Waals surface area contributed by atoms with Crippen LogP contribution >= 0.6 is 0 Å². The molecule has 2 saturated carbocycles. The second-order valence-corrected chi connectivity index (χ2v) is 4.80. The molecule has 0 bridgehead atoms. The van der Waals surface area contributed by atoms with Crippen molar-refractivity contribution in [3.63, 3.8) is 0 Å². The van der Waals surface area contributed by atoms with Crippen molar-refractivity contribution < 1.29 is 10.0 Å². The zero-order valence-electron chi connectivity index (χ0n) is 9.65. The van der Waals surface area contributed by atoms with Gasteiger partial charge in [0.25, 0.3) is 0 Å². The van der Waals surface area contributed by atoms with Crippen LogP contribution in [0.2, 0.25) is 0 Å². The molecule has 1 amide bonds. The molecule has 2 rings (SSSR count). The highest BCUT2D eigenvalue weighted by molar-refractivity contribution is 6.09. The van der Waals surface area contributed by atoms with Gasteiger partial charge in [0.05, 0.1) is 0 Å². The van der Waals surface area contributed by atoms with Gasteiger partial charge in [-0.3, -0.25) is 4.79 Å². The molecule has 2 aliphatic rings. The van der Waals surface area contributed by atoms with Crippen molar-refractivity contribution >= 4 is 11.7 Å². The van der Waals surface area contributed by atoms with Crippen LogP contribution in [0.1, 0.15) is 39.0 Å². The lowest BCUT2D eigenvalue weighted by atomic mass is 10.0. The van der Waals surface area contributed by atoms with E-state index in [9.17, 15) is 4.79 Å². The molecule has 0 heterocycles. The van der Waals surface area contributed by atoms with Crippen LogP contribution in [0, 0.1) is 5.41 Å². The maximum absolute atomic E-state index is 12.4. The molecule has 0 aliphatic heterocycles. The molecular formula is C11H19N3O2. The summed E-state index contributed by atoms with van der Waals surface area (Å²) in [5.74, 6) is 0.145. The van der Waals surface area contributed by atoms with Crippen molar-refractivity contribution in [2.45, 2.75) is 45.1 Å². The molecule has 0 spiro atoms. The highest BCUT2D eigenvalue weighted by Gasteiger charge is 2.57. The summed E-state index contributed by atoms with van der Waals surface area (Å²) in [6.45, 7) is 2.84. The normalized spacial score (nSPS) is 22.9. The van der Waals surface area contributed by atoms with Gasteiger partial charge in [-0.25, -0.2) is 0 Å². The summed E-state index contributed by atoms with van der Waals surface area (Å²) in [5.41, 5.74) is 4.95. The second-order valence-electron chi connectivity index (χ2n) is 4.80. The Kier molecular flexibility index (Phi) is 2.78. The van der Waals surface area contributed by atoms with E-state index in [4.69, 9.17) is 10.9 Å². The number of amidine groups is 1. The second kappa shape index (κ2) is 3.96. The van der Waals surface area contributed by atoms with Crippen LogP contribution < -0.4 is 5.73 Å². The van der Waals surface area contributed by atoms with E-state index in [-0.39, 0.29) is 11.7 Å². The van der Waals surface area contributed by atoms with E-state index in [1.807, 2.05) is 4.90 Å². The number of carbonyl (C=O) groups excluding carboxylic acids is 1. The monoisotopic (exact) mass is 225 g/mol. The fraction of sp³-hybridized carbons (Fsp3) is 0.818. The Bertz CT molecular complexity index is 319. The number of carbonyl (C=O) groups is 1. The molecule has 90 valence electrons. The molecule has 0 aromatic rings. The van der Waals surface area contributed by atoms with Gasteiger partial charge in [0.2, 0.25) is 5.91 Å². The van der Waals surface area contributed by atoms with Gasteiger partial charge in [-0.05, 0) is 32.1 Å². The minimum Gasteiger partial charge on any atom is -0.409 e. The lowest BCUT2D eigenvalue weighted by Gasteiger charge is -2.26. The van der Waals surface area contributed by atoms with Crippen LogP contribution in [-0.4, -0.2) is 34.4 Å². The van der Waals surface area contributed by atoms with Gasteiger partial charge in [0, 0.05) is 12.6 Å². The van der Waals surface area contributed by atoms with Crippen LogP contribution in [0.5, 0.6) is 0 Å². The van der Waals surface area contributed by atoms with Crippen LogP contribution in [0.25, 0.3) is 0 Å². The first kappa shape index (κ1) is 11.2. The van der Waals surface area contributed by atoms with Crippen molar-refractivity contribution in [1.82, 2.24) is 4.90 Å². The maximum Gasteiger partial charge on any atom is 0.236 e. The van der Waals surface area contributed by atoms with Crippen molar-refractivity contribution in [1.29, 1.82) is 0 Å². The number of hydrogen-bond acceptors (Lipinski definition) is 3. The molecule has 5 nitrogen and oxygen atoms in total. The van der Waals surface area contributed by atoms with E-state index in [1.54, 1.807) is 0 Å². The Balaban J connectivity index is 2.10. The van der Waals surface area contributed by atoms with Gasteiger partial charge in [-0.15, -0.1) is 0 Å². The number of amides is 1. The summed E-state index contributed by atoms with van der Waals surface area (Å²) < 4.78 is 0. The first-order valence-corrected chi connectivity index (χ1v) is 5.95. The SMILES string of the molecule is CCCN(C(=O)C1(C(N)=NO)CC1)C1CC1. The fourth-order valence-electron chi connectivity index (χ4n) is 2.15. The van der Waals surface area contributed by atoms with E-state index >= 15 is 0 Å². The zero-order chi connectivity index (χ0) is 11.8. The standard InChI is InChI=1S/C11H19N3O2/c1-2-7-14(8-3-4-8)10(15)11(5-6-11)9(12)13-16/h8,16H,2-7H2,1H3,(H2,12,13). The molecule has 16 heavy (non-hydrogen) atoms. The van der Waals surface area contributed by atoms with Gasteiger partial charge in [-0.1, -0.05) is 12.1 Å². The van der Waals surface area contributed by atoms with Gasteiger partial charge in [0.1, 0.15) is 5.41 Å². The number of rotatable bonds is 5. The lowest BCUT2D eigenvalue weighted by molar-refractivity contribution is -0.135. The van der Waals surface area contributed by atoms with E-state index in [0.29, 0.717) is 18.9 Å². The van der Waals surface area contributed by atoms with Crippen LogP contribution in [0.3, 0.4) is 0 Å². The summed E-state index contributed by atoms with van der Waals surface area (Å²) in [4.78, 5) is 14.3. The van der Waals surface area contributed by atoms with Crippen LogP contribution in [0.4, 0.5) is 0 Å². The van der Waals surface area contributed by atoms with Gasteiger partial charge in [-0.2, -0.15) is 0 Å². The molecule has 0 saturated heterocycles. The third-order valence-corrected chi connectivity index (χ3v) is 3.47. The van der Waals surface area contributed by atoms with E-state index in [2.05, 4.69) is 12.1 Å². The summed E-state index contributed by atoms with van der Waals surface area (Å²) in [6, 6.07) is 0.399. The van der Waals surface area contributed by atoms with Gasteiger partial charge < -0.3 is 15.8 Å². The molecule has 2 aliphatic carbocycles. The Hall–Kier alpha value is -1.26. The number of nitrogens with two attached hydrogens (primary N) is 1. The Morgan fingerprint density at radius 2 is 2.19 bits per heavy atom. The van der Waals surface area contributed by atoms with E-state index in [0.717, 1.165) is 25.8 Å². The molecule has 0 aromatic carbocycles. The predicted molar refractivity (Wildman–Crippen MR) is 60.1 cm³/mol. The maximum atomic E-state index is 12.4. The first-order valence-electron chi connectivity index (χ1n) is 5.95. The van der Waals surface area contributed by atoms with Gasteiger partial charge >= 0.3 is 0 Å². The number of nitrogens with zero attached hydrogens (tertiary/aromatic N) is 2. The Morgan fingerprint density at radius 3 is 2.56 bits per heavy atom.